The van der Waals surface area contributed by atoms with E-state index in [0.717, 1.165) is 0 Å². The summed E-state index contributed by atoms with van der Waals surface area (Å²) in [5.74, 6) is 0. The zero-order valence-corrected chi connectivity index (χ0v) is 14.4. The van der Waals surface area contributed by atoms with Crippen molar-refractivity contribution in [3.05, 3.63) is 0 Å². The summed E-state index contributed by atoms with van der Waals surface area (Å²) < 4.78 is 19.3. The Balaban J connectivity index is 0.000000260. The van der Waals surface area contributed by atoms with E-state index in [1.807, 2.05) is 0 Å². The van der Waals surface area contributed by atoms with E-state index in [4.69, 9.17) is 29.2 Å². The number of aliphatic hydroxyl groups is 8. The molecule has 2 fully saturated rings. The first kappa shape index (κ1) is 23.6. The number of hydrogen-bond acceptors (Lipinski definition) is 12. The number of hydrogen-bond donors (Lipinski definition) is 8. The van der Waals surface area contributed by atoms with Crippen LogP contribution >= 0.6 is 0 Å². The quantitative estimate of drug-likeness (QED) is 0.228. The minimum absolute atomic E-state index is 0.440. The molecule has 8 N–H and O–H groups in total. The van der Waals surface area contributed by atoms with Gasteiger partial charge in [-0.25, -0.2) is 0 Å². The van der Waals surface area contributed by atoms with E-state index in [2.05, 4.69) is 0 Å². The highest BCUT2D eigenvalue weighted by Gasteiger charge is 2.44. The lowest BCUT2D eigenvalue weighted by Crippen LogP contribution is -2.58. The van der Waals surface area contributed by atoms with Gasteiger partial charge >= 0.3 is 0 Å². The maximum absolute atomic E-state index is 9.28. The van der Waals surface area contributed by atoms with Crippen LogP contribution in [0.5, 0.6) is 0 Å². The normalized spacial score (nSPS) is 46.4. The molecule has 2 aliphatic rings. The van der Waals surface area contributed by atoms with Crippen LogP contribution in [-0.4, -0.2) is 130 Å². The van der Waals surface area contributed by atoms with Crippen molar-refractivity contribution in [3.8, 4) is 0 Å². The number of aliphatic hydroxyl groups excluding tert-OH is 8. The molecule has 0 aromatic carbocycles. The highest BCUT2D eigenvalue weighted by Crippen LogP contribution is 2.22. The number of ether oxygens (including phenoxy) is 4. The summed E-state index contributed by atoms with van der Waals surface area (Å²) in [5, 5.41) is 73.1. The molecule has 0 aromatic rings. The zero-order valence-electron chi connectivity index (χ0n) is 14.4. The van der Waals surface area contributed by atoms with Crippen molar-refractivity contribution in [2.45, 2.75) is 61.4 Å². The van der Waals surface area contributed by atoms with Crippen LogP contribution in [0.1, 0.15) is 0 Å². The molecule has 26 heavy (non-hydrogen) atoms. The van der Waals surface area contributed by atoms with E-state index < -0.39 is 74.6 Å². The van der Waals surface area contributed by atoms with E-state index in [-0.39, 0.29) is 0 Å². The molecule has 12 nitrogen and oxygen atoms in total. The van der Waals surface area contributed by atoms with E-state index in [1.165, 1.54) is 14.2 Å². The summed E-state index contributed by atoms with van der Waals surface area (Å²) in [4.78, 5) is 0. The van der Waals surface area contributed by atoms with E-state index >= 15 is 0 Å². The third-order valence-electron chi connectivity index (χ3n) is 4.16. The molecule has 0 bridgehead atoms. The predicted octanol–water partition coefficient (Wildman–Crippen LogP) is -5.13. The van der Waals surface area contributed by atoms with Crippen molar-refractivity contribution in [1.82, 2.24) is 0 Å². The third-order valence-corrected chi connectivity index (χ3v) is 4.16. The molecule has 10 atom stereocenters. The fourth-order valence-corrected chi connectivity index (χ4v) is 2.52. The molecule has 0 radical (unpaired) electrons. The average molecular weight is 388 g/mol. The Morgan fingerprint density at radius 2 is 0.885 bits per heavy atom. The second kappa shape index (κ2) is 10.8. The highest BCUT2D eigenvalue weighted by molar-refractivity contribution is 4.89. The first-order chi connectivity index (χ1) is 12.2. The smallest absolute Gasteiger partial charge is 0.186 e. The summed E-state index contributed by atoms with van der Waals surface area (Å²) in [7, 11) is 2.60. The molecule has 12 heteroatoms. The van der Waals surface area contributed by atoms with Gasteiger partial charge in [-0.1, -0.05) is 0 Å². The molecule has 2 saturated heterocycles. The largest absolute Gasteiger partial charge is 0.394 e. The van der Waals surface area contributed by atoms with Gasteiger partial charge in [0.1, 0.15) is 48.8 Å². The Morgan fingerprint density at radius 1 is 0.577 bits per heavy atom. The minimum atomic E-state index is -1.36. The van der Waals surface area contributed by atoms with Gasteiger partial charge in [0.05, 0.1) is 13.2 Å². The SMILES string of the molecule is CO[C@H]1OC(CO)[C@@H](O)[C@H](O)C1O.CO[C@H]1OC(CO)[C@@H](O)[C@H](O)C1O. The summed E-state index contributed by atoms with van der Waals surface area (Å²) in [6.07, 6.45) is -11.8. The lowest BCUT2D eigenvalue weighted by Gasteiger charge is -2.38. The zero-order chi connectivity index (χ0) is 20.0. The lowest BCUT2D eigenvalue weighted by molar-refractivity contribution is -0.294. The number of rotatable bonds is 4. The topological polar surface area (TPSA) is 199 Å². The minimum Gasteiger partial charge on any atom is -0.394 e. The van der Waals surface area contributed by atoms with Crippen LogP contribution in [0.2, 0.25) is 0 Å². The van der Waals surface area contributed by atoms with Crippen LogP contribution in [0.3, 0.4) is 0 Å². The fourth-order valence-electron chi connectivity index (χ4n) is 2.52. The fraction of sp³-hybridized carbons (Fsp3) is 1.00. The second-order valence-corrected chi connectivity index (χ2v) is 5.87. The summed E-state index contributed by atoms with van der Waals surface area (Å²) in [6, 6.07) is 0. The standard InChI is InChI=1S/2C7H14O6/c2*1-12-7-6(11)5(10)4(9)3(2-8)13-7/h2*3-11H,2H2,1H3/t2*3?,4-,5+,6?,7+/m11/s1. The van der Waals surface area contributed by atoms with E-state index in [1.54, 1.807) is 0 Å². The Hall–Kier alpha value is -0.480. The van der Waals surface area contributed by atoms with Crippen molar-refractivity contribution in [3.63, 3.8) is 0 Å². The summed E-state index contributed by atoms with van der Waals surface area (Å²) in [5.41, 5.74) is 0. The van der Waals surface area contributed by atoms with Crippen molar-refractivity contribution in [1.29, 1.82) is 0 Å². The molecule has 2 heterocycles. The van der Waals surface area contributed by atoms with Crippen molar-refractivity contribution in [2.75, 3.05) is 27.4 Å². The van der Waals surface area contributed by atoms with Crippen LogP contribution < -0.4 is 0 Å². The third kappa shape index (κ3) is 5.28. The monoisotopic (exact) mass is 388 g/mol. The summed E-state index contributed by atoms with van der Waals surface area (Å²) in [6.45, 7) is -0.879. The van der Waals surface area contributed by atoms with Gasteiger partial charge in [0.2, 0.25) is 0 Å². The molecule has 156 valence electrons. The second-order valence-electron chi connectivity index (χ2n) is 5.87. The molecular weight excluding hydrogens is 360 g/mol. The van der Waals surface area contributed by atoms with Gasteiger partial charge in [-0.2, -0.15) is 0 Å². The Morgan fingerprint density at radius 3 is 1.12 bits per heavy atom. The van der Waals surface area contributed by atoms with Crippen molar-refractivity contribution < 1.29 is 59.8 Å². The van der Waals surface area contributed by atoms with Crippen LogP contribution in [-0.2, 0) is 18.9 Å². The lowest BCUT2D eigenvalue weighted by atomic mass is 9.99. The van der Waals surface area contributed by atoms with E-state index in [0.29, 0.717) is 0 Å². The van der Waals surface area contributed by atoms with Gasteiger partial charge in [-0.05, 0) is 0 Å². The Kier molecular flexibility index (Phi) is 9.74. The first-order valence-electron chi connectivity index (χ1n) is 7.90. The summed E-state index contributed by atoms with van der Waals surface area (Å²) >= 11 is 0. The van der Waals surface area contributed by atoms with E-state index in [9.17, 15) is 30.6 Å². The maximum atomic E-state index is 9.28. The van der Waals surface area contributed by atoms with Crippen molar-refractivity contribution in [2.24, 2.45) is 0 Å². The molecule has 0 saturated carbocycles. The van der Waals surface area contributed by atoms with Gasteiger partial charge in [0, 0.05) is 14.2 Å². The molecule has 2 aliphatic heterocycles. The Bertz CT molecular complexity index is 322. The van der Waals surface area contributed by atoms with Crippen molar-refractivity contribution >= 4 is 0 Å². The van der Waals surface area contributed by atoms with Gasteiger partial charge in [0.15, 0.2) is 12.6 Å². The van der Waals surface area contributed by atoms with Gasteiger partial charge in [-0.15, -0.1) is 0 Å². The van der Waals surface area contributed by atoms with Gasteiger partial charge in [-0.3, -0.25) is 0 Å². The Labute approximate surface area is 149 Å². The molecule has 4 unspecified atom stereocenters. The molecule has 0 spiro atoms. The maximum Gasteiger partial charge on any atom is 0.186 e. The predicted molar refractivity (Wildman–Crippen MR) is 81.6 cm³/mol. The molecule has 2 rings (SSSR count). The van der Waals surface area contributed by atoms with Gasteiger partial charge < -0.3 is 59.8 Å². The van der Waals surface area contributed by atoms with Crippen LogP contribution in [0.25, 0.3) is 0 Å². The van der Waals surface area contributed by atoms with Crippen LogP contribution in [0.15, 0.2) is 0 Å². The van der Waals surface area contributed by atoms with Gasteiger partial charge in [0.25, 0.3) is 0 Å². The van der Waals surface area contributed by atoms with Crippen LogP contribution in [0.4, 0.5) is 0 Å². The first-order valence-corrected chi connectivity index (χ1v) is 7.90. The molecule has 0 amide bonds. The average Bonchev–Trinajstić information content (AvgIpc) is 2.65. The van der Waals surface area contributed by atoms with Crippen LogP contribution in [0, 0.1) is 0 Å². The molecular formula is C14H28O12. The number of methoxy groups -OCH3 is 2. The molecule has 0 aliphatic carbocycles. The molecule has 0 aromatic heterocycles. The highest BCUT2D eigenvalue weighted by atomic mass is 16.7.